The third-order valence-electron chi connectivity index (χ3n) is 3.89. The molecule has 1 saturated heterocycles. The van der Waals surface area contributed by atoms with E-state index in [1.807, 2.05) is 0 Å². The fourth-order valence-electron chi connectivity index (χ4n) is 2.66. The van der Waals surface area contributed by atoms with Crippen LogP contribution in [-0.2, 0) is 11.3 Å². The Kier molecular flexibility index (Phi) is 4.44. The van der Waals surface area contributed by atoms with Gasteiger partial charge in [-0.1, -0.05) is 0 Å². The molecular weight excluding hydrogens is 258 g/mol. The molecule has 0 aliphatic carbocycles. The Morgan fingerprint density at radius 1 is 1.50 bits per heavy atom. The molecule has 0 spiro atoms. The molecule has 1 aliphatic rings. The quantitative estimate of drug-likeness (QED) is 0.883. The van der Waals surface area contributed by atoms with Gasteiger partial charge in [0.25, 0.3) is 0 Å². The summed E-state index contributed by atoms with van der Waals surface area (Å²) in [5.74, 6) is -1.06. The number of carbonyl (C=O) groups is 2. The molecule has 6 nitrogen and oxygen atoms in total. The number of carboxylic acid groups (broad SMARTS) is 1. The summed E-state index contributed by atoms with van der Waals surface area (Å²) in [7, 11) is 3.86. The number of amides is 1. The number of aromatic carboxylic acids is 1. The molecule has 20 heavy (non-hydrogen) atoms. The Balaban J connectivity index is 2.00. The van der Waals surface area contributed by atoms with Crippen LogP contribution >= 0.6 is 0 Å². The number of hydrogen-bond donors (Lipinski definition) is 1. The van der Waals surface area contributed by atoms with Crippen LogP contribution in [0, 0.1) is 0 Å². The highest BCUT2D eigenvalue weighted by atomic mass is 16.4. The second-order valence-electron chi connectivity index (χ2n) is 5.39. The number of aromatic nitrogens is 1. The molecule has 1 fully saturated rings. The zero-order valence-corrected chi connectivity index (χ0v) is 12.0. The summed E-state index contributed by atoms with van der Waals surface area (Å²) in [5, 5.41) is 9.04. The van der Waals surface area contributed by atoms with Crippen molar-refractivity contribution in [3.8, 4) is 0 Å². The fourth-order valence-corrected chi connectivity index (χ4v) is 2.66. The van der Waals surface area contributed by atoms with E-state index >= 15 is 0 Å². The maximum atomic E-state index is 12.3. The van der Waals surface area contributed by atoms with E-state index < -0.39 is 5.97 Å². The van der Waals surface area contributed by atoms with Crippen LogP contribution < -0.4 is 0 Å². The van der Waals surface area contributed by atoms with Crippen LogP contribution in [-0.4, -0.2) is 64.6 Å². The van der Waals surface area contributed by atoms with E-state index in [0.717, 1.165) is 25.9 Å². The molecule has 0 aromatic carbocycles. The van der Waals surface area contributed by atoms with Crippen molar-refractivity contribution in [1.29, 1.82) is 0 Å². The third-order valence-corrected chi connectivity index (χ3v) is 3.89. The standard InChI is InChI=1S/C14H21N3O3/c1-15-7-3-5-11(9-15)16(2)13(18)10-17-8-4-6-12(17)14(19)20/h4,6,8,11H,3,5,7,9-10H2,1-2H3,(H,19,20). The summed E-state index contributed by atoms with van der Waals surface area (Å²) in [5.41, 5.74) is 0.146. The van der Waals surface area contributed by atoms with Gasteiger partial charge in [-0.2, -0.15) is 0 Å². The van der Waals surface area contributed by atoms with Gasteiger partial charge in [0.15, 0.2) is 0 Å². The van der Waals surface area contributed by atoms with Gasteiger partial charge in [0.1, 0.15) is 12.2 Å². The molecule has 1 aliphatic heterocycles. The minimum absolute atomic E-state index is 0.0519. The SMILES string of the molecule is CN1CCCC(N(C)C(=O)Cn2cccc2C(=O)O)C1. The zero-order chi connectivity index (χ0) is 14.7. The first kappa shape index (κ1) is 14.6. The Bertz CT molecular complexity index is 498. The highest BCUT2D eigenvalue weighted by Crippen LogP contribution is 2.14. The summed E-state index contributed by atoms with van der Waals surface area (Å²) in [6.45, 7) is 2.02. The molecule has 0 saturated carbocycles. The number of likely N-dealkylation sites (N-methyl/N-ethyl adjacent to an activating group) is 2. The van der Waals surface area contributed by atoms with Gasteiger partial charge in [-0.15, -0.1) is 0 Å². The largest absolute Gasteiger partial charge is 0.477 e. The van der Waals surface area contributed by atoms with E-state index in [4.69, 9.17) is 5.11 Å². The smallest absolute Gasteiger partial charge is 0.352 e. The monoisotopic (exact) mass is 279 g/mol. The van der Waals surface area contributed by atoms with Crippen LogP contribution in [0.15, 0.2) is 18.3 Å². The lowest BCUT2D eigenvalue weighted by Crippen LogP contribution is -2.48. The normalized spacial score (nSPS) is 19.8. The molecule has 1 unspecified atom stereocenters. The van der Waals surface area contributed by atoms with E-state index in [0.29, 0.717) is 0 Å². The lowest BCUT2D eigenvalue weighted by Gasteiger charge is -2.36. The number of likely N-dealkylation sites (tertiary alicyclic amines) is 1. The number of piperidine rings is 1. The van der Waals surface area contributed by atoms with Gasteiger partial charge in [0, 0.05) is 25.8 Å². The van der Waals surface area contributed by atoms with Crippen LogP contribution in [0.2, 0.25) is 0 Å². The molecule has 1 aromatic heterocycles. The van der Waals surface area contributed by atoms with Crippen LogP contribution in [0.4, 0.5) is 0 Å². The third kappa shape index (κ3) is 3.19. The molecule has 110 valence electrons. The zero-order valence-electron chi connectivity index (χ0n) is 12.0. The molecule has 1 amide bonds. The van der Waals surface area contributed by atoms with Crippen LogP contribution in [0.5, 0.6) is 0 Å². The average Bonchev–Trinajstić information content (AvgIpc) is 2.86. The molecule has 2 heterocycles. The van der Waals surface area contributed by atoms with Gasteiger partial charge in [0.05, 0.1) is 0 Å². The average molecular weight is 279 g/mol. The van der Waals surface area contributed by atoms with E-state index in [1.54, 1.807) is 24.2 Å². The second kappa shape index (κ2) is 6.09. The fraction of sp³-hybridized carbons (Fsp3) is 0.571. The maximum absolute atomic E-state index is 12.3. The molecular formula is C14H21N3O3. The minimum Gasteiger partial charge on any atom is -0.477 e. The van der Waals surface area contributed by atoms with Crippen LogP contribution in [0.3, 0.4) is 0 Å². The predicted molar refractivity (Wildman–Crippen MR) is 74.7 cm³/mol. The van der Waals surface area contributed by atoms with Crippen LogP contribution in [0.1, 0.15) is 23.3 Å². The van der Waals surface area contributed by atoms with Gasteiger partial charge >= 0.3 is 5.97 Å². The Morgan fingerprint density at radius 2 is 2.25 bits per heavy atom. The van der Waals surface area contributed by atoms with Crippen molar-refractivity contribution in [3.05, 3.63) is 24.0 Å². The molecule has 1 N–H and O–H groups in total. The summed E-state index contributed by atoms with van der Waals surface area (Å²) in [6.07, 6.45) is 3.72. The van der Waals surface area contributed by atoms with Gasteiger partial charge < -0.3 is 19.5 Å². The predicted octanol–water partition coefficient (Wildman–Crippen LogP) is 0.739. The van der Waals surface area contributed by atoms with Gasteiger partial charge in [-0.25, -0.2) is 4.79 Å². The first-order chi connectivity index (χ1) is 9.49. The molecule has 1 atom stereocenters. The molecule has 6 heteroatoms. The van der Waals surface area contributed by atoms with Crippen molar-refractivity contribution < 1.29 is 14.7 Å². The summed E-state index contributed by atoms with van der Waals surface area (Å²) in [6, 6.07) is 3.36. The molecule has 0 bridgehead atoms. The van der Waals surface area contributed by atoms with E-state index in [-0.39, 0.29) is 24.2 Å². The van der Waals surface area contributed by atoms with Crippen molar-refractivity contribution in [3.63, 3.8) is 0 Å². The number of nitrogens with zero attached hydrogens (tertiary/aromatic N) is 3. The highest BCUT2D eigenvalue weighted by molar-refractivity contribution is 5.86. The number of hydrogen-bond acceptors (Lipinski definition) is 3. The molecule has 1 aromatic rings. The summed E-state index contributed by atoms with van der Waals surface area (Å²) in [4.78, 5) is 27.3. The van der Waals surface area contributed by atoms with E-state index in [1.165, 1.54) is 10.6 Å². The van der Waals surface area contributed by atoms with Gasteiger partial charge in [0.2, 0.25) is 5.91 Å². The number of rotatable bonds is 4. The lowest BCUT2D eigenvalue weighted by atomic mass is 10.1. The Morgan fingerprint density at radius 3 is 2.90 bits per heavy atom. The van der Waals surface area contributed by atoms with E-state index in [9.17, 15) is 9.59 Å². The highest BCUT2D eigenvalue weighted by Gasteiger charge is 2.25. The summed E-state index contributed by atoms with van der Waals surface area (Å²) >= 11 is 0. The second-order valence-corrected chi connectivity index (χ2v) is 5.39. The van der Waals surface area contributed by atoms with Crippen molar-refractivity contribution in [2.24, 2.45) is 0 Å². The first-order valence-corrected chi connectivity index (χ1v) is 6.81. The van der Waals surface area contributed by atoms with E-state index in [2.05, 4.69) is 11.9 Å². The lowest BCUT2D eigenvalue weighted by molar-refractivity contribution is -0.133. The first-order valence-electron chi connectivity index (χ1n) is 6.81. The topological polar surface area (TPSA) is 65.8 Å². The maximum Gasteiger partial charge on any atom is 0.352 e. The van der Waals surface area contributed by atoms with Gasteiger partial charge in [-0.05, 0) is 38.6 Å². The minimum atomic E-state index is -1.01. The Labute approximate surface area is 118 Å². The Hall–Kier alpha value is -1.82. The van der Waals surface area contributed by atoms with Crippen molar-refractivity contribution in [1.82, 2.24) is 14.4 Å². The van der Waals surface area contributed by atoms with Crippen LogP contribution in [0.25, 0.3) is 0 Å². The summed E-state index contributed by atoms with van der Waals surface area (Å²) < 4.78 is 1.48. The van der Waals surface area contributed by atoms with Crippen molar-refractivity contribution in [2.45, 2.75) is 25.4 Å². The number of carboxylic acids is 1. The molecule has 0 radical (unpaired) electrons. The number of carbonyl (C=O) groups excluding carboxylic acids is 1. The van der Waals surface area contributed by atoms with Crippen molar-refractivity contribution in [2.75, 3.05) is 27.2 Å². The van der Waals surface area contributed by atoms with Gasteiger partial charge in [-0.3, -0.25) is 4.79 Å². The molecule has 2 rings (SSSR count). The van der Waals surface area contributed by atoms with Crippen molar-refractivity contribution >= 4 is 11.9 Å².